The second-order valence-corrected chi connectivity index (χ2v) is 6.23. The van der Waals surface area contributed by atoms with Crippen LogP contribution in [-0.2, 0) is 18.9 Å². The maximum atomic E-state index is 12.2. The molecule has 0 unspecified atom stereocenters. The van der Waals surface area contributed by atoms with Crippen LogP contribution in [0.3, 0.4) is 0 Å². The zero-order valence-corrected chi connectivity index (χ0v) is 14.1. The summed E-state index contributed by atoms with van der Waals surface area (Å²) in [4.78, 5) is 28.3. The molecule has 0 atom stereocenters. The molecule has 0 radical (unpaired) electrons. The number of hydrogen-bond donors (Lipinski definition) is 1. The van der Waals surface area contributed by atoms with Crippen LogP contribution in [0.15, 0.2) is 16.9 Å². The van der Waals surface area contributed by atoms with Gasteiger partial charge in [-0.2, -0.15) is 0 Å². The van der Waals surface area contributed by atoms with Crippen molar-refractivity contribution in [3.8, 4) is 0 Å². The second-order valence-electron chi connectivity index (χ2n) is 6.23. The van der Waals surface area contributed by atoms with Gasteiger partial charge < -0.3 is 15.1 Å². The van der Waals surface area contributed by atoms with E-state index in [4.69, 9.17) is 0 Å². The smallest absolute Gasteiger partial charge is 0.328 e. The van der Waals surface area contributed by atoms with Crippen molar-refractivity contribution in [2.45, 2.75) is 6.92 Å². The number of benzene rings is 1. The molecule has 1 aromatic heterocycles. The molecule has 1 amide bonds. The van der Waals surface area contributed by atoms with Crippen molar-refractivity contribution in [1.29, 1.82) is 0 Å². The Labute approximate surface area is 135 Å². The van der Waals surface area contributed by atoms with Crippen LogP contribution < -0.4 is 15.9 Å². The molecule has 1 fully saturated rings. The van der Waals surface area contributed by atoms with Gasteiger partial charge in [0.1, 0.15) is 0 Å². The number of anilines is 2. The predicted octanol–water partition coefficient (Wildman–Crippen LogP) is 0.587. The summed E-state index contributed by atoms with van der Waals surface area (Å²) < 4.78 is 3.25. The van der Waals surface area contributed by atoms with Crippen LogP contribution in [0.25, 0.3) is 11.0 Å². The van der Waals surface area contributed by atoms with Crippen molar-refractivity contribution in [3.63, 3.8) is 0 Å². The van der Waals surface area contributed by atoms with E-state index in [1.807, 2.05) is 12.1 Å². The fraction of sp³-hybridized carbons (Fsp3) is 0.500. The van der Waals surface area contributed by atoms with E-state index in [1.165, 1.54) is 6.92 Å². The Morgan fingerprint density at radius 3 is 2.13 bits per heavy atom. The fourth-order valence-corrected chi connectivity index (χ4v) is 3.13. The van der Waals surface area contributed by atoms with E-state index in [0.29, 0.717) is 0 Å². The molecular formula is C16H23N5O2. The number of aryl methyl sites for hydroxylation is 2. The number of amides is 1. The van der Waals surface area contributed by atoms with Crippen molar-refractivity contribution in [2.24, 2.45) is 14.1 Å². The third-order valence-electron chi connectivity index (χ3n) is 4.54. The number of carbonyl (C=O) groups excluding carboxylic acids is 1. The van der Waals surface area contributed by atoms with E-state index >= 15 is 0 Å². The molecule has 2 heterocycles. The Morgan fingerprint density at radius 2 is 1.57 bits per heavy atom. The molecule has 7 heteroatoms. The number of aromatic nitrogens is 2. The number of nitrogens with zero attached hydrogens (tertiary/aromatic N) is 4. The van der Waals surface area contributed by atoms with Crippen molar-refractivity contribution >= 4 is 28.3 Å². The zero-order chi connectivity index (χ0) is 16.7. The highest BCUT2D eigenvalue weighted by Gasteiger charge is 2.20. The molecule has 23 heavy (non-hydrogen) atoms. The van der Waals surface area contributed by atoms with Crippen LogP contribution in [-0.4, -0.2) is 53.2 Å². The first-order valence-corrected chi connectivity index (χ1v) is 7.79. The second kappa shape index (κ2) is 5.73. The van der Waals surface area contributed by atoms with E-state index in [1.54, 1.807) is 23.2 Å². The normalized spacial score (nSPS) is 16.1. The van der Waals surface area contributed by atoms with Gasteiger partial charge in [0.2, 0.25) is 5.91 Å². The quantitative estimate of drug-likeness (QED) is 0.880. The average Bonchev–Trinajstić information content (AvgIpc) is 2.72. The topological polar surface area (TPSA) is 62.5 Å². The summed E-state index contributed by atoms with van der Waals surface area (Å²) in [6.45, 7) is 5.25. The summed E-state index contributed by atoms with van der Waals surface area (Å²) in [7, 11) is 5.63. The van der Waals surface area contributed by atoms with E-state index in [9.17, 15) is 9.59 Å². The third kappa shape index (κ3) is 2.72. The lowest BCUT2D eigenvalue weighted by molar-refractivity contribution is -0.114. The number of piperazine rings is 1. The molecule has 0 bridgehead atoms. The predicted molar refractivity (Wildman–Crippen MR) is 92.2 cm³/mol. The van der Waals surface area contributed by atoms with E-state index < -0.39 is 0 Å². The lowest BCUT2D eigenvalue weighted by Crippen LogP contribution is -2.44. The third-order valence-corrected chi connectivity index (χ3v) is 4.54. The van der Waals surface area contributed by atoms with Gasteiger partial charge in [0, 0.05) is 47.2 Å². The number of imidazole rings is 1. The molecule has 2 aromatic rings. The van der Waals surface area contributed by atoms with Crippen LogP contribution in [0.1, 0.15) is 6.92 Å². The van der Waals surface area contributed by atoms with Gasteiger partial charge in [-0.15, -0.1) is 0 Å². The highest BCUT2D eigenvalue weighted by molar-refractivity contribution is 5.97. The van der Waals surface area contributed by atoms with Gasteiger partial charge in [0.25, 0.3) is 0 Å². The summed E-state index contributed by atoms with van der Waals surface area (Å²) in [5, 5.41) is 2.91. The Bertz CT molecular complexity index is 812. The molecule has 1 aliphatic heterocycles. The summed E-state index contributed by atoms with van der Waals surface area (Å²) in [6, 6.07) is 3.90. The van der Waals surface area contributed by atoms with Gasteiger partial charge in [-0.25, -0.2) is 4.79 Å². The van der Waals surface area contributed by atoms with E-state index in [-0.39, 0.29) is 11.6 Å². The van der Waals surface area contributed by atoms with E-state index in [2.05, 4.69) is 22.2 Å². The maximum Gasteiger partial charge on any atom is 0.328 e. The number of nitrogens with one attached hydrogen (secondary N) is 1. The highest BCUT2D eigenvalue weighted by Crippen LogP contribution is 2.31. The minimum Gasteiger partial charge on any atom is -0.367 e. The van der Waals surface area contributed by atoms with Crippen LogP contribution in [0.5, 0.6) is 0 Å². The first-order valence-electron chi connectivity index (χ1n) is 7.79. The molecule has 1 N–H and O–H groups in total. The molecule has 0 aliphatic carbocycles. The minimum absolute atomic E-state index is 0.0655. The molecule has 0 spiro atoms. The Hall–Kier alpha value is -2.28. The number of hydrogen-bond acceptors (Lipinski definition) is 4. The summed E-state index contributed by atoms with van der Waals surface area (Å²) in [5.74, 6) is -0.111. The summed E-state index contributed by atoms with van der Waals surface area (Å²) >= 11 is 0. The number of fused-ring (bicyclic) bond motifs is 1. The Morgan fingerprint density at radius 1 is 1.00 bits per heavy atom. The Kier molecular flexibility index (Phi) is 3.89. The Balaban J connectivity index is 2.15. The number of rotatable bonds is 2. The SMILES string of the molecule is CC(=O)Nc1cc2c(cc1N1CCN(C)CC1)n(C)c(=O)n2C. The van der Waals surface area contributed by atoms with Gasteiger partial charge in [-0.1, -0.05) is 0 Å². The van der Waals surface area contributed by atoms with Gasteiger partial charge >= 0.3 is 5.69 Å². The lowest BCUT2D eigenvalue weighted by atomic mass is 10.2. The van der Waals surface area contributed by atoms with E-state index in [0.717, 1.165) is 48.6 Å². The van der Waals surface area contributed by atoms with Crippen molar-refractivity contribution < 1.29 is 4.79 Å². The van der Waals surface area contributed by atoms with Gasteiger partial charge in [0.15, 0.2) is 0 Å². The molecule has 1 saturated heterocycles. The summed E-state index contributed by atoms with van der Waals surface area (Å²) in [6.07, 6.45) is 0. The maximum absolute atomic E-state index is 12.2. The number of carbonyl (C=O) groups is 1. The van der Waals surface area contributed by atoms with Crippen molar-refractivity contribution in [3.05, 3.63) is 22.6 Å². The largest absolute Gasteiger partial charge is 0.367 e. The zero-order valence-electron chi connectivity index (χ0n) is 14.1. The van der Waals surface area contributed by atoms with Crippen LogP contribution in [0.4, 0.5) is 11.4 Å². The molecule has 1 aromatic carbocycles. The summed E-state index contributed by atoms with van der Waals surface area (Å²) in [5.41, 5.74) is 3.36. The molecular weight excluding hydrogens is 294 g/mol. The fourth-order valence-electron chi connectivity index (χ4n) is 3.13. The number of likely N-dealkylation sites (N-methyl/N-ethyl adjacent to an activating group) is 1. The average molecular weight is 317 g/mol. The molecule has 7 nitrogen and oxygen atoms in total. The van der Waals surface area contributed by atoms with Crippen LogP contribution in [0.2, 0.25) is 0 Å². The van der Waals surface area contributed by atoms with Gasteiger partial charge in [0.05, 0.1) is 22.4 Å². The first-order chi connectivity index (χ1) is 10.9. The highest BCUT2D eigenvalue weighted by atomic mass is 16.2. The monoisotopic (exact) mass is 317 g/mol. The van der Waals surface area contributed by atoms with Crippen LogP contribution in [0, 0.1) is 0 Å². The van der Waals surface area contributed by atoms with Crippen molar-refractivity contribution in [1.82, 2.24) is 14.0 Å². The van der Waals surface area contributed by atoms with Gasteiger partial charge in [-0.05, 0) is 19.2 Å². The van der Waals surface area contributed by atoms with Crippen molar-refractivity contribution in [2.75, 3.05) is 43.4 Å². The lowest BCUT2D eigenvalue weighted by Gasteiger charge is -2.35. The first kappa shape index (κ1) is 15.6. The molecule has 1 aliphatic rings. The standard InChI is InChI=1S/C16H23N5O2/c1-11(22)17-12-9-14-15(20(4)16(23)19(14)3)10-13(12)21-7-5-18(2)6-8-21/h9-10H,5-8H2,1-4H3,(H,17,22). The molecule has 0 saturated carbocycles. The van der Waals surface area contributed by atoms with Gasteiger partial charge in [-0.3, -0.25) is 13.9 Å². The molecule has 3 rings (SSSR count). The van der Waals surface area contributed by atoms with Crippen LogP contribution >= 0.6 is 0 Å². The minimum atomic E-state index is -0.111. The molecule has 124 valence electrons.